The van der Waals surface area contributed by atoms with E-state index in [4.69, 9.17) is 4.74 Å². The first kappa shape index (κ1) is 8.11. The predicted octanol–water partition coefficient (Wildman–Crippen LogP) is 1.27. The fraction of sp³-hybridized carbons (Fsp3) is 0.625. The van der Waals surface area contributed by atoms with Crippen molar-refractivity contribution in [1.29, 1.82) is 0 Å². The molecule has 0 saturated heterocycles. The van der Waals surface area contributed by atoms with Gasteiger partial charge in [-0.3, -0.25) is 0 Å². The lowest BCUT2D eigenvalue weighted by Gasteiger charge is -2.23. The number of hydrogen-bond donors (Lipinski definition) is 1. The molecule has 0 radical (unpaired) electrons. The highest BCUT2D eigenvalue weighted by Gasteiger charge is 2.16. The third-order valence-corrected chi connectivity index (χ3v) is 1.37. The average molecular weight is 154 g/mol. The molecule has 1 rings (SSSR count). The molecule has 1 aliphatic heterocycles. The van der Waals surface area contributed by atoms with Gasteiger partial charge in [-0.2, -0.15) is 0 Å². The largest absolute Gasteiger partial charge is 0.477 e. The molecule has 0 amide bonds. The second-order valence-electron chi connectivity index (χ2n) is 3.04. The summed E-state index contributed by atoms with van der Waals surface area (Å²) in [5.41, 5.74) is -0.0411. The van der Waals surface area contributed by atoms with E-state index in [9.17, 15) is 0 Å². The second-order valence-corrected chi connectivity index (χ2v) is 3.04. The topological polar surface area (TPSA) is 33.6 Å². The van der Waals surface area contributed by atoms with E-state index in [-0.39, 0.29) is 5.54 Å². The van der Waals surface area contributed by atoms with Gasteiger partial charge in [-0.1, -0.05) is 0 Å². The molecule has 11 heavy (non-hydrogen) atoms. The first-order chi connectivity index (χ1) is 5.14. The maximum Gasteiger partial charge on any atom is 0.229 e. The minimum absolute atomic E-state index is 0.0411. The molecule has 0 unspecified atom stereocenters. The van der Waals surface area contributed by atoms with Crippen molar-refractivity contribution in [2.75, 3.05) is 6.61 Å². The molecule has 1 aliphatic rings. The van der Waals surface area contributed by atoms with Crippen molar-refractivity contribution in [2.45, 2.75) is 26.3 Å². The van der Waals surface area contributed by atoms with Crippen LogP contribution in [0.15, 0.2) is 17.1 Å². The van der Waals surface area contributed by atoms with Gasteiger partial charge in [-0.15, -0.1) is 0 Å². The molecule has 0 fully saturated rings. The van der Waals surface area contributed by atoms with Crippen LogP contribution in [0.3, 0.4) is 0 Å². The Bertz CT molecular complexity index is 194. The number of nitrogens with zero attached hydrogens (tertiary/aromatic N) is 1. The number of rotatable bonds is 2. The van der Waals surface area contributed by atoms with Gasteiger partial charge < -0.3 is 10.1 Å². The molecule has 0 aliphatic carbocycles. The van der Waals surface area contributed by atoms with Crippen LogP contribution in [0, 0.1) is 0 Å². The van der Waals surface area contributed by atoms with Crippen molar-refractivity contribution in [1.82, 2.24) is 5.32 Å². The minimum Gasteiger partial charge on any atom is -0.477 e. The van der Waals surface area contributed by atoms with E-state index in [0.717, 1.165) is 0 Å². The molecule has 0 aromatic heterocycles. The van der Waals surface area contributed by atoms with Gasteiger partial charge in [0.15, 0.2) is 0 Å². The molecule has 0 bridgehead atoms. The Morgan fingerprint density at radius 2 is 2.36 bits per heavy atom. The summed E-state index contributed by atoms with van der Waals surface area (Å²) in [6, 6.07) is 0. The Morgan fingerprint density at radius 3 is 2.82 bits per heavy atom. The fourth-order valence-electron chi connectivity index (χ4n) is 0.774. The minimum atomic E-state index is -0.0411. The molecule has 1 heterocycles. The third kappa shape index (κ3) is 2.26. The lowest BCUT2D eigenvalue weighted by atomic mass is 10.1. The molecule has 0 aromatic rings. The van der Waals surface area contributed by atoms with E-state index < -0.39 is 0 Å². The quantitative estimate of drug-likeness (QED) is 0.650. The summed E-state index contributed by atoms with van der Waals surface area (Å²) in [6.45, 7) is 6.70. The van der Waals surface area contributed by atoms with E-state index in [2.05, 4.69) is 24.2 Å². The SMILES string of the molecule is CCOC1=CNC(C)(C)C=N1. The molecule has 0 atom stereocenters. The van der Waals surface area contributed by atoms with Gasteiger partial charge in [0.2, 0.25) is 5.88 Å². The average Bonchev–Trinajstić information content (AvgIpc) is 1.94. The number of aliphatic imine (C=N–C) groups is 1. The Morgan fingerprint density at radius 1 is 1.64 bits per heavy atom. The zero-order chi connectivity index (χ0) is 8.32. The van der Waals surface area contributed by atoms with Crippen LogP contribution >= 0.6 is 0 Å². The fourth-order valence-corrected chi connectivity index (χ4v) is 0.774. The Kier molecular flexibility index (Phi) is 2.17. The van der Waals surface area contributed by atoms with Crippen LogP contribution < -0.4 is 5.32 Å². The van der Waals surface area contributed by atoms with Crippen molar-refractivity contribution >= 4 is 6.21 Å². The van der Waals surface area contributed by atoms with E-state index in [1.54, 1.807) is 6.20 Å². The highest BCUT2D eigenvalue weighted by Crippen LogP contribution is 2.08. The molecule has 0 spiro atoms. The van der Waals surface area contributed by atoms with E-state index >= 15 is 0 Å². The lowest BCUT2D eigenvalue weighted by molar-refractivity contribution is 0.222. The lowest BCUT2D eigenvalue weighted by Crippen LogP contribution is -2.39. The van der Waals surface area contributed by atoms with Crippen molar-refractivity contribution < 1.29 is 4.74 Å². The molecule has 3 heteroatoms. The Labute approximate surface area is 67.2 Å². The molecule has 1 N–H and O–H groups in total. The van der Waals surface area contributed by atoms with Crippen LogP contribution in [0.25, 0.3) is 0 Å². The zero-order valence-corrected chi connectivity index (χ0v) is 7.22. The van der Waals surface area contributed by atoms with Crippen LogP contribution in [0.4, 0.5) is 0 Å². The Hall–Kier alpha value is -0.990. The van der Waals surface area contributed by atoms with Crippen LogP contribution in [-0.2, 0) is 4.74 Å². The van der Waals surface area contributed by atoms with Crippen molar-refractivity contribution in [3.63, 3.8) is 0 Å². The summed E-state index contributed by atoms with van der Waals surface area (Å²) in [4.78, 5) is 4.12. The third-order valence-electron chi connectivity index (χ3n) is 1.37. The van der Waals surface area contributed by atoms with Crippen LogP contribution in [0.2, 0.25) is 0 Å². The van der Waals surface area contributed by atoms with E-state index in [1.165, 1.54) is 0 Å². The number of nitrogens with one attached hydrogen (secondary N) is 1. The predicted molar refractivity (Wildman–Crippen MR) is 45.4 cm³/mol. The number of ether oxygens (including phenoxy) is 1. The molecule has 0 aromatic carbocycles. The molecular weight excluding hydrogens is 140 g/mol. The smallest absolute Gasteiger partial charge is 0.229 e. The van der Waals surface area contributed by atoms with Gasteiger partial charge >= 0.3 is 0 Å². The molecular formula is C8H14N2O. The van der Waals surface area contributed by atoms with E-state index in [0.29, 0.717) is 12.5 Å². The van der Waals surface area contributed by atoms with Gasteiger partial charge in [0.25, 0.3) is 0 Å². The van der Waals surface area contributed by atoms with E-state index in [1.807, 2.05) is 13.1 Å². The standard InChI is InChI=1S/C8H14N2O/c1-4-11-7-5-10-8(2,3)6-9-7/h5-6,10H,4H2,1-3H3. The monoisotopic (exact) mass is 154 g/mol. The molecule has 62 valence electrons. The summed E-state index contributed by atoms with van der Waals surface area (Å²) in [5.74, 6) is 0.659. The van der Waals surface area contributed by atoms with Crippen molar-refractivity contribution in [3.05, 3.63) is 12.1 Å². The zero-order valence-electron chi connectivity index (χ0n) is 7.22. The van der Waals surface area contributed by atoms with Crippen LogP contribution in [0.1, 0.15) is 20.8 Å². The highest BCUT2D eigenvalue weighted by molar-refractivity contribution is 5.71. The summed E-state index contributed by atoms with van der Waals surface area (Å²) in [7, 11) is 0. The summed E-state index contributed by atoms with van der Waals surface area (Å²) < 4.78 is 5.18. The highest BCUT2D eigenvalue weighted by atomic mass is 16.5. The van der Waals surface area contributed by atoms with Gasteiger partial charge in [-0.05, 0) is 20.8 Å². The normalized spacial score (nSPS) is 20.5. The summed E-state index contributed by atoms with van der Waals surface area (Å²) >= 11 is 0. The van der Waals surface area contributed by atoms with Gasteiger partial charge in [0.05, 0.1) is 18.3 Å². The van der Waals surface area contributed by atoms with Crippen molar-refractivity contribution in [3.8, 4) is 0 Å². The van der Waals surface area contributed by atoms with Gasteiger partial charge in [0, 0.05) is 6.21 Å². The Balaban J connectivity index is 2.53. The maximum absolute atomic E-state index is 5.18. The van der Waals surface area contributed by atoms with Crippen LogP contribution in [0.5, 0.6) is 0 Å². The first-order valence-corrected chi connectivity index (χ1v) is 3.80. The van der Waals surface area contributed by atoms with Crippen molar-refractivity contribution in [2.24, 2.45) is 4.99 Å². The summed E-state index contributed by atoms with van der Waals surface area (Å²) in [5, 5.41) is 3.16. The van der Waals surface area contributed by atoms with Gasteiger partial charge in [-0.25, -0.2) is 4.99 Å². The van der Waals surface area contributed by atoms with Gasteiger partial charge in [0.1, 0.15) is 0 Å². The second kappa shape index (κ2) is 2.95. The van der Waals surface area contributed by atoms with Crippen LogP contribution in [-0.4, -0.2) is 18.4 Å². The first-order valence-electron chi connectivity index (χ1n) is 3.80. The maximum atomic E-state index is 5.18. The summed E-state index contributed by atoms with van der Waals surface area (Å²) in [6.07, 6.45) is 3.64. The number of hydrogen-bond acceptors (Lipinski definition) is 3. The molecule has 3 nitrogen and oxygen atoms in total. The molecule has 0 saturated carbocycles.